The molecule has 2 aliphatic heterocycles. The molecule has 2 aliphatic rings. The van der Waals surface area contributed by atoms with Gasteiger partial charge in [-0.25, -0.2) is 0 Å². The fourth-order valence-corrected chi connectivity index (χ4v) is 4.59. The van der Waals surface area contributed by atoms with Crippen molar-refractivity contribution in [2.75, 3.05) is 31.6 Å². The largest absolute Gasteiger partial charge is 0.367 e. The minimum absolute atomic E-state index is 0.670. The summed E-state index contributed by atoms with van der Waals surface area (Å²) in [7, 11) is 2.28. The van der Waals surface area contributed by atoms with Crippen molar-refractivity contribution < 1.29 is 0 Å². The highest BCUT2D eigenvalue weighted by Crippen LogP contribution is 2.44. The van der Waals surface area contributed by atoms with Crippen LogP contribution >= 0.6 is 0 Å². The van der Waals surface area contributed by atoms with Gasteiger partial charge in [0.1, 0.15) is 0 Å². The van der Waals surface area contributed by atoms with Crippen molar-refractivity contribution in [1.29, 1.82) is 0 Å². The maximum Gasteiger partial charge on any atom is 0.0405 e. The van der Waals surface area contributed by atoms with Crippen LogP contribution in [0.5, 0.6) is 0 Å². The van der Waals surface area contributed by atoms with Gasteiger partial charge < -0.3 is 9.80 Å². The third-order valence-corrected chi connectivity index (χ3v) is 5.79. The Morgan fingerprint density at radius 3 is 2.75 bits per heavy atom. The number of rotatable bonds is 3. The summed E-state index contributed by atoms with van der Waals surface area (Å²) in [5.74, 6) is 0.670. The third-order valence-electron chi connectivity index (χ3n) is 5.79. The number of nitrogens with zero attached hydrogens (tertiary/aromatic N) is 2. The normalized spacial score (nSPS) is 23.7. The topological polar surface area (TPSA) is 6.48 Å². The highest BCUT2D eigenvalue weighted by Gasteiger charge is 2.39. The summed E-state index contributed by atoms with van der Waals surface area (Å²) in [4.78, 5) is 5.24. The molecule has 2 heteroatoms. The van der Waals surface area contributed by atoms with Gasteiger partial charge in [0.15, 0.2) is 0 Å². The lowest BCUT2D eigenvalue weighted by Crippen LogP contribution is -2.37. The first-order valence-electron chi connectivity index (χ1n) is 9.32. The Bertz CT molecular complexity index is 694. The van der Waals surface area contributed by atoms with E-state index in [0.29, 0.717) is 12.0 Å². The molecule has 4 rings (SSSR count). The number of anilines is 1. The Hall–Kier alpha value is -1.80. The van der Waals surface area contributed by atoms with Crippen molar-refractivity contribution in [2.24, 2.45) is 0 Å². The van der Waals surface area contributed by atoms with Crippen LogP contribution in [0.1, 0.15) is 35.4 Å². The predicted octanol–water partition coefficient (Wildman–Crippen LogP) is 4.24. The SMILES string of the molecule is Cc1ccc2c(c1)C1CN(C)CCCC1N2CCc1ccccc1. The number of benzene rings is 2. The Kier molecular flexibility index (Phi) is 4.32. The van der Waals surface area contributed by atoms with Gasteiger partial charge >= 0.3 is 0 Å². The number of hydrogen-bond donors (Lipinski definition) is 0. The number of hydrogen-bond acceptors (Lipinski definition) is 2. The molecular weight excluding hydrogens is 292 g/mol. The lowest BCUT2D eigenvalue weighted by Gasteiger charge is -2.29. The standard InChI is InChI=1S/C22H28N2/c1-17-10-11-22-19(15-17)20-16-23(2)13-6-9-21(20)24(22)14-12-18-7-4-3-5-8-18/h3-5,7-8,10-11,15,20-21H,6,9,12-14,16H2,1-2H3. The summed E-state index contributed by atoms with van der Waals surface area (Å²) < 4.78 is 0. The zero-order chi connectivity index (χ0) is 16.5. The Labute approximate surface area is 146 Å². The molecule has 2 aromatic rings. The summed E-state index contributed by atoms with van der Waals surface area (Å²) in [6.07, 6.45) is 3.76. The van der Waals surface area contributed by atoms with Crippen molar-refractivity contribution in [1.82, 2.24) is 4.90 Å². The molecule has 0 radical (unpaired) electrons. The molecule has 2 unspecified atom stereocenters. The molecule has 2 aromatic carbocycles. The van der Waals surface area contributed by atoms with E-state index in [4.69, 9.17) is 0 Å². The van der Waals surface area contributed by atoms with Crippen molar-refractivity contribution in [2.45, 2.75) is 38.1 Å². The van der Waals surface area contributed by atoms with E-state index in [-0.39, 0.29) is 0 Å². The average Bonchev–Trinajstić information content (AvgIpc) is 2.73. The van der Waals surface area contributed by atoms with E-state index in [1.165, 1.54) is 42.7 Å². The summed E-state index contributed by atoms with van der Waals surface area (Å²) in [5, 5.41) is 0. The molecule has 126 valence electrons. The molecule has 0 spiro atoms. The monoisotopic (exact) mass is 320 g/mol. The first-order chi connectivity index (χ1) is 11.7. The molecule has 1 fully saturated rings. The van der Waals surface area contributed by atoms with E-state index in [1.54, 1.807) is 5.56 Å². The molecule has 2 atom stereocenters. The number of fused-ring (bicyclic) bond motifs is 3. The second-order valence-corrected chi connectivity index (χ2v) is 7.57. The molecule has 24 heavy (non-hydrogen) atoms. The quantitative estimate of drug-likeness (QED) is 0.835. The Morgan fingerprint density at radius 1 is 1.08 bits per heavy atom. The first-order valence-corrected chi connectivity index (χ1v) is 9.32. The average molecular weight is 320 g/mol. The molecule has 0 bridgehead atoms. The minimum atomic E-state index is 0.670. The van der Waals surface area contributed by atoms with Crippen LogP contribution in [0.2, 0.25) is 0 Å². The van der Waals surface area contributed by atoms with Crippen LogP contribution in [0.25, 0.3) is 0 Å². The van der Waals surface area contributed by atoms with Gasteiger partial charge in [-0.05, 0) is 57.0 Å². The van der Waals surface area contributed by atoms with Crippen molar-refractivity contribution in [3.63, 3.8) is 0 Å². The van der Waals surface area contributed by atoms with Gasteiger partial charge in [-0.2, -0.15) is 0 Å². The van der Waals surface area contributed by atoms with Crippen LogP contribution in [0.15, 0.2) is 48.5 Å². The fraction of sp³-hybridized carbons (Fsp3) is 0.455. The Morgan fingerprint density at radius 2 is 1.92 bits per heavy atom. The first kappa shape index (κ1) is 15.7. The second kappa shape index (κ2) is 6.60. The molecule has 1 saturated heterocycles. The van der Waals surface area contributed by atoms with Gasteiger partial charge in [0, 0.05) is 30.7 Å². The van der Waals surface area contributed by atoms with Gasteiger partial charge in [0.25, 0.3) is 0 Å². The van der Waals surface area contributed by atoms with E-state index in [0.717, 1.165) is 13.0 Å². The van der Waals surface area contributed by atoms with Crippen molar-refractivity contribution in [3.8, 4) is 0 Å². The summed E-state index contributed by atoms with van der Waals surface area (Å²) in [6.45, 7) is 5.79. The highest BCUT2D eigenvalue weighted by molar-refractivity contribution is 5.63. The molecule has 0 aliphatic carbocycles. The number of likely N-dealkylation sites (N-methyl/N-ethyl adjacent to an activating group) is 1. The predicted molar refractivity (Wildman–Crippen MR) is 102 cm³/mol. The van der Waals surface area contributed by atoms with E-state index < -0.39 is 0 Å². The molecule has 0 aromatic heterocycles. The van der Waals surface area contributed by atoms with Crippen LogP contribution in [0.4, 0.5) is 5.69 Å². The molecule has 2 heterocycles. The summed E-state index contributed by atoms with van der Waals surface area (Å²) >= 11 is 0. The Balaban J connectivity index is 1.63. The van der Waals surface area contributed by atoms with Gasteiger partial charge in [-0.1, -0.05) is 48.0 Å². The lowest BCUT2D eigenvalue weighted by atomic mass is 9.92. The number of aryl methyl sites for hydroxylation is 1. The molecule has 0 amide bonds. The number of likely N-dealkylation sites (tertiary alicyclic amines) is 1. The molecular formula is C22H28N2. The van der Waals surface area contributed by atoms with Crippen molar-refractivity contribution in [3.05, 3.63) is 65.2 Å². The maximum atomic E-state index is 2.71. The lowest BCUT2D eigenvalue weighted by molar-refractivity contribution is 0.330. The smallest absolute Gasteiger partial charge is 0.0405 e. The zero-order valence-corrected chi connectivity index (χ0v) is 14.9. The van der Waals surface area contributed by atoms with Crippen LogP contribution in [-0.4, -0.2) is 37.6 Å². The highest BCUT2D eigenvalue weighted by atomic mass is 15.2. The zero-order valence-electron chi connectivity index (χ0n) is 14.9. The van der Waals surface area contributed by atoms with Crippen LogP contribution in [-0.2, 0) is 6.42 Å². The summed E-state index contributed by atoms with van der Waals surface area (Å²) in [6, 6.07) is 18.7. The second-order valence-electron chi connectivity index (χ2n) is 7.57. The van der Waals surface area contributed by atoms with E-state index >= 15 is 0 Å². The van der Waals surface area contributed by atoms with Crippen LogP contribution < -0.4 is 4.90 Å². The van der Waals surface area contributed by atoms with E-state index in [9.17, 15) is 0 Å². The van der Waals surface area contributed by atoms with Crippen LogP contribution in [0.3, 0.4) is 0 Å². The van der Waals surface area contributed by atoms with Gasteiger partial charge in [0.05, 0.1) is 0 Å². The van der Waals surface area contributed by atoms with Crippen LogP contribution in [0, 0.1) is 6.92 Å². The minimum Gasteiger partial charge on any atom is -0.367 e. The molecule has 0 N–H and O–H groups in total. The third kappa shape index (κ3) is 2.95. The fourth-order valence-electron chi connectivity index (χ4n) is 4.59. The maximum absolute atomic E-state index is 2.71. The summed E-state index contributed by atoms with van der Waals surface area (Å²) in [5.41, 5.74) is 5.91. The van der Waals surface area contributed by atoms with Gasteiger partial charge in [-0.15, -0.1) is 0 Å². The molecule has 0 saturated carbocycles. The van der Waals surface area contributed by atoms with Gasteiger partial charge in [0.2, 0.25) is 0 Å². The van der Waals surface area contributed by atoms with E-state index in [1.807, 2.05) is 0 Å². The molecule has 2 nitrogen and oxygen atoms in total. The van der Waals surface area contributed by atoms with Crippen molar-refractivity contribution >= 4 is 5.69 Å². The van der Waals surface area contributed by atoms with Gasteiger partial charge in [-0.3, -0.25) is 0 Å². The van der Waals surface area contributed by atoms with E-state index in [2.05, 4.69) is 72.3 Å².